The zero-order valence-corrected chi connectivity index (χ0v) is 21.8. The predicted octanol–water partition coefficient (Wildman–Crippen LogP) is 2.75. The zero-order chi connectivity index (χ0) is 26.3. The number of carbonyl (C=O) groups is 1. The third kappa shape index (κ3) is 7.47. The van der Waals surface area contributed by atoms with E-state index in [2.05, 4.69) is 10.00 Å². The van der Waals surface area contributed by atoms with E-state index in [1.165, 1.54) is 6.92 Å². The lowest BCUT2D eigenvalue weighted by Gasteiger charge is -2.32. The normalized spacial score (nSPS) is 18.3. The SMILES string of the molecule is COc1ccc(CN2CCN(C(C)=O)C[C@](O)(COc3ccc(C)cc3)C2)cc1OCCn1cccn1. The molecule has 0 aliphatic carbocycles. The first kappa shape index (κ1) is 26.5. The second-order valence-corrected chi connectivity index (χ2v) is 9.58. The van der Waals surface area contributed by atoms with Crippen molar-refractivity contribution in [3.05, 3.63) is 72.1 Å². The Morgan fingerprint density at radius 2 is 1.89 bits per heavy atom. The number of amides is 1. The van der Waals surface area contributed by atoms with E-state index in [1.807, 2.05) is 66.3 Å². The molecule has 1 atom stereocenters. The Hall–Kier alpha value is -3.56. The molecule has 1 fully saturated rings. The van der Waals surface area contributed by atoms with Gasteiger partial charge in [-0.15, -0.1) is 0 Å². The molecular weight excluding hydrogens is 472 g/mol. The lowest BCUT2D eigenvalue weighted by Crippen LogP contribution is -2.51. The van der Waals surface area contributed by atoms with Crippen molar-refractivity contribution in [2.45, 2.75) is 32.5 Å². The fraction of sp³-hybridized carbons (Fsp3) is 0.429. The highest BCUT2D eigenvalue weighted by molar-refractivity contribution is 5.73. The van der Waals surface area contributed by atoms with Crippen LogP contribution in [0.5, 0.6) is 17.2 Å². The van der Waals surface area contributed by atoms with Crippen molar-refractivity contribution in [1.82, 2.24) is 19.6 Å². The first-order valence-corrected chi connectivity index (χ1v) is 12.5. The van der Waals surface area contributed by atoms with Crippen molar-refractivity contribution in [3.8, 4) is 17.2 Å². The number of rotatable bonds is 10. The van der Waals surface area contributed by atoms with Crippen LogP contribution in [0.2, 0.25) is 0 Å². The topological polar surface area (TPSA) is 89.3 Å². The summed E-state index contributed by atoms with van der Waals surface area (Å²) in [5, 5.41) is 15.8. The molecule has 1 amide bonds. The van der Waals surface area contributed by atoms with Crippen LogP contribution in [0.1, 0.15) is 18.1 Å². The van der Waals surface area contributed by atoms with Gasteiger partial charge in [-0.1, -0.05) is 23.8 Å². The van der Waals surface area contributed by atoms with E-state index in [1.54, 1.807) is 18.2 Å². The van der Waals surface area contributed by atoms with Gasteiger partial charge in [0.1, 0.15) is 24.6 Å². The van der Waals surface area contributed by atoms with Gasteiger partial charge in [-0.25, -0.2) is 0 Å². The van der Waals surface area contributed by atoms with Crippen molar-refractivity contribution in [2.75, 3.05) is 46.5 Å². The summed E-state index contributed by atoms with van der Waals surface area (Å²) in [7, 11) is 1.62. The Bertz CT molecular complexity index is 1150. The van der Waals surface area contributed by atoms with E-state index >= 15 is 0 Å². The van der Waals surface area contributed by atoms with E-state index < -0.39 is 5.60 Å². The number of aromatic nitrogens is 2. The van der Waals surface area contributed by atoms with Crippen molar-refractivity contribution in [1.29, 1.82) is 0 Å². The number of ether oxygens (including phenoxy) is 3. The van der Waals surface area contributed by atoms with Crippen LogP contribution >= 0.6 is 0 Å². The molecule has 0 spiro atoms. The molecule has 2 heterocycles. The van der Waals surface area contributed by atoms with Gasteiger partial charge in [0.05, 0.1) is 20.2 Å². The molecule has 9 nitrogen and oxygen atoms in total. The fourth-order valence-corrected chi connectivity index (χ4v) is 4.46. The van der Waals surface area contributed by atoms with Gasteiger partial charge in [-0.3, -0.25) is 14.4 Å². The third-order valence-corrected chi connectivity index (χ3v) is 6.43. The Morgan fingerprint density at radius 1 is 1.08 bits per heavy atom. The number of methoxy groups -OCH3 is 1. The monoisotopic (exact) mass is 508 g/mol. The molecule has 1 aromatic heterocycles. The maximum atomic E-state index is 12.2. The summed E-state index contributed by atoms with van der Waals surface area (Å²) in [4.78, 5) is 16.1. The minimum atomic E-state index is -1.22. The summed E-state index contributed by atoms with van der Waals surface area (Å²) in [5.74, 6) is 1.94. The summed E-state index contributed by atoms with van der Waals surface area (Å²) < 4.78 is 19.3. The van der Waals surface area contributed by atoms with Gasteiger partial charge in [0.2, 0.25) is 5.91 Å². The number of carbonyl (C=O) groups excluding carboxylic acids is 1. The van der Waals surface area contributed by atoms with Gasteiger partial charge in [0.25, 0.3) is 0 Å². The van der Waals surface area contributed by atoms with Gasteiger partial charge < -0.3 is 24.2 Å². The van der Waals surface area contributed by atoms with Crippen LogP contribution in [0.3, 0.4) is 0 Å². The minimum absolute atomic E-state index is 0.0621. The summed E-state index contributed by atoms with van der Waals surface area (Å²) >= 11 is 0. The fourth-order valence-electron chi connectivity index (χ4n) is 4.46. The molecule has 1 aliphatic rings. The second kappa shape index (κ2) is 12.1. The second-order valence-electron chi connectivity index (χ2n) is 9.58. The lowest BCUT2D eigenvalue weighted by molar-refractivity contribution is -0.132. The number of aliphatic hydroxyl groups is 1. The summed E-state index contributed by atoms with van der Waals surface area (Å²) in [6.45, 7) is 7.04. The van der Waals surface area contributed by atoms with Crippen LogP contribution in [0.4, 0.5) is 0 Å². The molecule has 37 heavy (non-hydrogen) atoms. The van der Waals surface area contributed by atoms with Crippen molar-refractivity contribution < 1.29 is 24.1 Å². The van der Waals surface area contributed by atoms with Gasteiger partial charge in [-0.05, 0) is 42.8 Å². The highest BCUT2D eigenvalue weighted by Crippen LogP contribution is 2.29. The molecule has 0 radical (unpaired) electrons. The van der Waals surface area contributed by atoms with E-state index in [4.69, 9.17) is 14.2 Å². The van der Waals surface area contributed by atoms with E-state index in [9.17, 15) is 9.90 Å². The number of aryl methyl sites for hydroxylation is 1. The van der Waals surface area contributed by atoms with Gasteiger partial charge in [0.15, 0.2) is 11.5 Å². The summed E-state index contributed by atoms with van der Waals surface area (Å²) in [6.07, 6.45) is 3.63. The van der Waals surface area contributed by atoms with E-state index in [0.717, 1.165) is 11.1 Å². The molecule has 2 aromatic carbocycles. The zero-order valence-electron chi connectivity index (χ0n) is 21.8. The number of benzene rings is 2. The minimum Gasteiger partial charge on any atom is -0.493 e. The number of β-amino-alcohol motifs (C(OH)–C–C–N with tert-alkyl or cyclic N) is 1. The molecule has 0 saturated carbocycles. The predicted molar refractivity (Wildman–Crippen MR) is 140 cm³/mol. The van der Waals surface area contributed by atoms with E-state index in [-0.39, 0.29) is 19.1 Å². The Balaban J connectivity index is 1.44. The molecule has 0 unspecified atom stereocenters. The highest BCUT2D eigenvalue weighted by atomic mass is 16.5. The van der Waals surface area contributed by atoms with Crippen molar-refractivity contribution >= 4 is 5.91 Å². The third-order valence-electron chi connectivity index (χ3n) is 6.43. The number of hydrogen-bond donors (Lipinski definition) is 1. The van der Waals surface area contributed by atoms with Crippen molar-refractivity contribution in [2.24, 2.45) is 0 Å². The molecule has 1 N–H and O–H groups in total. The van der Waals surface area contributed by atoms with Crippen LogP contribution in [0.15, 0.2) is 60.9 Å². The Kier molecular flexibility index (Phi) is 8.68. The molecule has 0 bridgehead atoms. The standard InChI is InChI=1S/C28H36N4O5/c1-22-5-8-25(9-6-22)37-21-28(34)19-30(13-14-31(20-28)23(2)33)18-24-7-10-26(35-3)27(17-24)36-16-15-32-12-4-11-29-32/h4-12,17,34H,13-16,18-21H2,1-3H3/t28-/m0/s1. The Labute approximate surface area is 218 Å². The first-order chi connectivity index (χ1) is 17.8. The quantitative estimate of drug-likeness (QED) is 0.451. The van der Waals surface area contributed by atoms with Gasteiger partial charge in [0, 0.05) is 45.5 Å². The van der Waals surface area contributed by atoms with Crippen LogP contribution in [0, 0.1) is 6.92 Å². The molecule has 3 aromatic rings. The van der Waals surface area contributed by atoms with Gasteiger partial charge >= 0.3 is 0 Å². The largest absolute Gasteiger partial charge is 0.493 e. The van der Waals surface area contributed by atoms with Gasteiger partial charge in [-0.2, -0.15) is 5.10 Å². The highest BCUT2D eigenvalue weighted by Gasteiger charge is 2.37. The maximum absolute atomic E-state index is 12.2. The van der Waals surface area contributed by atoms with Crippen LogP contribution in [-0.2, 0) is 17.9 Å². The average Bonchev–Trinajstić information content (AvgIpc) is 3.33. The Morgan fingerprint density at radius 3 is 2.59 bits per heavy atom. The number of hydrogen-bond acceptors (Lipinski definition) is 7. The smallest absolute Gasteiger partial charge is 0.219 e. The first-order valence-electron chi connectivity index (χ1n) is 12.5. The maximum Gasteiger partial charge on any atom is 0.219 e. The number of nitrogens with zero attached hydrogens (tertiary/aromatic N) is 4. The summed E-state index contributed by atoms with van der Waals surface area (Å²) in [5.41, 5.74) is 0.939. The molecule has 198 valence electrons. The lowest BCUT2D eigenvalue weighted by atomic mass is 10.0. The molecular formula is C28H36N4O5. The average molecular weight is 509 g/mol. The van der Waals surface area contributed by atoms with Crippen LogP contribution < -0.4 is 14.2 Å². The van der Waals surface area contributed by atoms with Crippen LogP contribution in [0.25, 0.3) is 0 Å². The molecule has 1 aliphatic heterocycles. The molecule has 1 saturated heterocycles. The van der Waals surface area contributed by atoms with E-state index in [0.29, 0.717) is 56.6 Å². The molecule has 9 heteroatoms. The van der Waals surface area contributed by atoms with Crippen molar-refractivity contribution in [3.63, 3.8) is 0 Å². The molecule has 4 rings (SSSR count). The summed E-state index contributed by atoms with van der Waals surface area (Å²) in [6, 6.07) is 15.5. The van der Waals surface area contributed by atoms with Crippen LogP contribution in [-0.4, -0.2) is 82.7 Å².